The predicted octanol–water partition coefficient (Wildman–Crippen LogP) is 4.22. The lowest BCUT2D eigenvalue weighted by molar-refractivity contribution is -0.122. The van der Waals surface area contributed by atoms with Gasteiger partial charge in [0.25, 0.3) is 0 Å². The lowest BCUT2D eigenvalue weighted by Crippen LogP contribution is -2.33. The molecule has 2 fully saturated rings. The summed E-state index contributed by atoms with van der Waals surface area (Å²) in [4.78, 5) is 27.6. The molecular weight excluding hydrogens is 341 g/mol. The molecule has 0 radical (unpaired) electrons. The van der Waals surface area contributed by atoms with Crippen molar-refractivity contribution in [2.75, 3.05) is 4.90 Å². The smallest absolute Gasteiger partial charge is 0.238 e. The highest BCUT2D eigenvalue weighted by molar-refractivity contribution is 6.23. The number of hydrogen-bond donors (Lipinski definition) is 0. The van der Waals surface area contributed by atoms with Crippen LogP contribution in [0.1, 0.15) is 12.5 Å². The number of allylic oxidation sites excluding steroid dienone is 4. The average Bonchev–Trinajstić information content (AvgIpc) is 3.32. The van der Waals surface area contributed by atoms with Crippen LogP contribution in [0.2, 0.25) is 0 Å². The Labute approximate surface area is 156 Å². The molecule has 1 saturated heterocycles. The van der Waals surface area contributed by atoms with Crippen LogP contribution in [0.25, 0.3) is 5.57 Å². The molecule has 1 heterocycles. The zero-order valence-electron chi connectivity index (χ0n) is 14.8. The Morgan fingerprint density at radius 2 is 1.41 bits per heavy atom. The first kappa shape index (κ1) is 16.2. The number of carbonyl (C=O) groups excluding carboxylic acids is 2. The predicted molar refractivity (Wildman–Crippen MR) is 101 cm³/mol. The Hall–Kier alpha value is -3.01. The molecule has 2 aliphatic carbocycles. The molecule has 3 nitrogen and oxygen atoms in total. The van der Waals surface area contributed by atoms with Gasteiger partial charge in [0.2, 0.25) is 11.8 Å². The molecule has 1 saturated carbocycles. The number of benzene rings is 2. The third-order valence-corrected chi connectivity index (χ3v) is 6.14. The van der Waals surface area contributed by atoms with Crippen LogP contribution >= 0.6 is 0 Å². The van der Waals surface area contributed by atoms with E-state index in [-0.39, 0.29) is 41.3 Å². The van der Waals surface area contributed by atoms with E-state index in [2.05, 4.69) is 12.2 Å². The van der Waals surface area contributed by atoms with Crippen molar-refractivity contribution in [1.82, 2.24) is 0 Å². The number of imide groups is 1. The van der Waals surface area contributed by atoms with Crippen LogP contribution in [0, 0.1) is 29.5 Å². The lowest BCUT2D eigenvalue weighted by Gasteiger charge is -2.20. The highest BCUT2D eigenvalue weighted by Crippen LogP contribution is 2.58. The van der Waals surface area contributed by atoms with E-state index in [1.165, 1.54) is 17.0 Å². The quantitative estimate of drug-likeness (QED) is 0.595. The van der Waals surface area contributed by atoms with Crippen LogP contribution in [0.15, 0.2) is 72.3 Å². The van der Waals surface area contributed by atoms with Gasteiger partial charge in [-0.3, -0.25) is 9.59 Å². The first-order chi connectivity index (χ1) is 13.1. The molecule has 27 heavy (non-hydrogen) atoms. The van der Waals surface area contributed by atoms with Crippen molar-refractivity contribution in [2.45, 2.75) is 6.92 Å². The minimum absolute atomic E-state index is 0.0600. The number of fused-ring (bicyclic) bond motifs is 5. The number of rotatable bonds is 2. The summed E-state index contributed by atoms with van der Waals surface area (Å²) in [5.41, 5.74) is 3.74. The van der Waals surface area contributed by atoms with E-state index in [0.717, 1.165) is 16.7 Å². The van der Waals surface area contributed by atoms with Crippen molar-refractivity contribution >= 4 is 23.1 Å². The van der Waals surface area contributed by atoms with Crippen molar-refractivity contribution in [3.05, 3.63) is 83.7 Å². The molecule has 3 aliphatic rings. The number of nitrogens with zero attached hydrogens (tertiary/aromatic N) is 1. The second-order valence-corrected chi connectivity index (χ2v) is 7.42. The van der Waals surface area contributed by atoms with Gasteiger partial charge in [-0.1, -0.05) is 48.1 Å². The van der Waals surface area contributed by atoms with Crippen LogP contribution in [-0.2, 0) is 9.59 Å². The Morgan fingerprint density at radius 1 is 0.852 bits per heavy atom. The summed E-state index contributed by atoms with van der Waals surface area (Å²) in [6, 6.07) is 15.5. The molecule has 0 aromatic heterocycles. The fourth-order valence-electron chi connectivity index (χ4n) is 4.96. The van der Waals surface area contributed by atoms with E-state index in [9.17, 15) is 14.0 Å². The molecule has 0 spiro atoms. The van der Waals surface area contributed by atoms with Gasteiger partial charge in [0.05, 0.1) is 17.5 Å². The zero-order chi connectivity index (χ0) is 18.7. The summed E-state index contributed by atoms with van der Waals surface area (Å²) in [7, 11) is 0. The van der Waals surface area contributed by atoms with Crippen molar-refractivity contribution in [2.24, 2.45) is 23.7 Å². The van der Waals surface area contributed by atoms with E-state index < -0.39 is 0 Å². The maximum Gasteiger partial charge on any atom is 0.238 e. The first-order valence-electron chi connectivity index (χ1n) is 9.15. The molecular formula is C23H18FNO2. The molecule has 0 unspecified atom stereocenters. The molecule has 1 aliphatic heterocycles. The van der Waals surface area contributed by atoms with Crippen LogP contribution in [-0.4, -0.2) is 11.8 Å². The molecule has 2 bridgehead atoms. The number of para-hydroxylation sites is 1. The van der Waals surface area contributed by atoms with E-state index >= 15 is 0 Å². The molecule has 4 atom stereocenters. The summed E-state index contributed by atoms with van der Waals surface area (Å²) in [5.74, 6) is -1.29. The summed E-state index contributed by atoms with van der Waals surface area (Å²) < 4.78 is 13.3. The van der Waals surface area contributed by atoms with Crippen LogP contribution < -0.4 is 4.90 Å². The highest BCUT2D eigenvalue weighted by atomic mass is 19.1. The van der Waals surface area contributed by atoms with E-state index in [1.54, 1.807) is 24.3 Å². The molecule has 2 aromatic rings. The summed E-state index contributed by atoms with van der Waals surface area (Å²) >= 11 is 0. The maximum absolute atomic E-state index is 13.3. The minimum atomic E-state index is -0.335. The fraction of sp³-hybridized carbons (Fsp3) is 0.217. The zero-order valence-corrected chi connectivity index (χ0v) is 14.8. The molecule has 5 rings (SSSR count). The second-order valence-electron chi connectivity index (χ2n) is 7.42. The number of hydrogen-bond acceptors (Lipinski definition) is 2. The lowest BCUT2D eigenvalue weighted by atomic mass is 9.85. The van der Waals surface area contributed by atoms with E-state index in [0.29, 0.717) is 5.69 Å². The molecule has 2 aromatic carbocycles. The van der Waals surface area contributed by atoms with Gasteiger partial charge in [-0.2, -0.15) is 0 Å². The summed E-state index contributed by atoms with van der Waals surface area (Å²) in [6.45, 7) is 2.00. The summed E-state index contributed by atoms with van der Waals surface area (Å²) in [6.07, 6.45) is 4.13. The van der Waals surface area contributed by atoms with Crippen LogP contribution in [0.4, 0.5) is 10.1 Å². The number of halogens is 1. The second kappa shape index (κ2) is 5.74. The fourth-order valence-corrected chi connectivity index (χ4v) is 4.96. The molecule has 4 heteroatoms. The van der Waals surface area contributed by atoms with Gasteiger partial charge >= 0.3 is 0 Å². The monoisotopic (exact) mass is 359 g/mol. The Balaban J connectivity index is 1.55. The molecule has 2 amide bonds. The van der Waals surface area contributed by atoms with Crippen LogP contribution in [0.3, 0.4) is 0 Å². The van der Waals surface area contributed by atoms with Crippen molar-refractivity contribution in [3.63, 3.8) is 0 Å². The topological polar surface area (TPSA) is 37.4 Å². The molecule has 0 N–H and O–H groups in total. The van der Waals surface area contributed by atoms with Gasteiger partial charge in [0, 0.05) is 11.8 Å². The Bertz CT molecular complexity index is 972. The van der Waals surface area contributed by atoms with E-state index in [1.807, 2.05) is 25.1 Å². The Kier molecular flexibility index (Phi) is 3.44. The standard InChI is InChI=1S/C23H18FNO2/c1-13(14-7-9-15(24)10-8-14)19-17-11-12-18(19)21-20(17)22(26)25(23(21)27)16-5-3-2-4-6-16/h2-12,17-18,20-21H,1H3/t17-,18+,20+,21-. The van der Waals surface area contributed by atoms with Crippen molar-refractivity contribution in [1.29, 1.82) is 0 Å². The van der Waals surface area contributed by atoms with Crippen LogP contribution in [0.5, 0.6) is 0 Å². The van der Waals surface area contributed by atoms with Crippen molar-refractivity contribution in [3.8, 4) is 0 Å². The number of carbonyl (C=O) groups is 2. The normalized spacial score (nSPS) is 30.2. The van der Waals surface area contributed by atoms with Gasteiger partial charge in [0.1, 0.15) is 5.82 Å². The SMILES string of the molecule is CC(=C1[C@H]2C=C[C@@H]1[C@H]1C(=O)N(c3ccccc3)C(=O)[C@H]12)c1ccc(F)cc1. The third kappa shape index (κ3) is 2.19. The van der Waals surface area contributed by atoms with Crippen molar-refractivity contribution < 1.29 is 14.0 Å². The van der Waals surface area contributed by atoms with Gasteiger partial charge in [0.15, 0.2) is 0 Å². The molecule has 134 valence electrons. The Morgan fingerprint density at radius 3 is 1.96 bits per heavy atom. The van der Waals surface area contributed by atoms with Gasteiger partial charge in [-0.25, -0.2) is 9.29 Å². The minimum Gasteiger partial charge on any atom is -0.274 e. The maximum atomic E-state index is 13.3. The highest BCUT2D eigenvalue weighted by Gasteiger charge is 2.62. The van der Waals surface area contributed by atoms with E-state index in [4.69, 9.17) is 0 Å². The first-order valence-corrected chi connectivity index (χ1v) is 9.15. The van der Waals surface area contributed by atoms with Gasteiger partial charge in [-0.05, 0) is 42.3 Å². The largest absolute Gasteiger partial charge is 0.274 e. The third-order valence-electron chi connectivity index (χ3n) is 6.14. The summed E-state index contributed by atoms with van der Waals surface area (Å²) in [5, 5.41) is 0. The van der Waals surface area contributed by atoms with Gasteiger partial charge in [-0.15, -0.1) is 0 Å². The van der Waals surface area contributed by atoms with Gasteiger partial charge < -0.3 is 0 Å². The number of anilines is 1. The average molecular weight is 359 g/mol. The number of amides is 2.